The van der Waals surface area contributed by atoms with Crippen molar-refractivity contribution < 1.29 is 9.53 Å². The quantitative estimate of drug-likeness (QED) is 0.782. The van der Waals surface area contributed by atoms with Crippen molar-refractivity contribution in [3.8, 4) is 0 Å². The minimum atomic E-state index is -0.349. The summed E-state index contributed by atoms with van der Waals surface area (Å²) >= 11 is 0. The first kappa shape index (κ1) is 13.8. The molecule has 0 radical (unpaired) electrons. The van der Waals surface area contributed by atoms with Gasteiger partial charge < -0.3 is 9.64 Å². The maximum absolute atomic E-state index is 11.7. The van der Waals surface area contributed by atoms with Crippen LogP contribution in [-0.4, -0.2) is 35.6 Å². The highest BCUT2D eigenvalue weighted by Crippen LogP contribution is 2.20. The Kier molecular flexibility index (Phi) is 4.35. The molecule has 1 fully saturated rings. The van der Waals surface area contributed by atoms with E-state index in [-0.39, 0.29) is 5.97 Å². The number of rotatable bonds is 3. The summed E-state index contributed by atoms with van der Waals surface area (Å²) in [5, 5.41) is 0. The molecule has 0 saturated carbocycles. The minimum Gasteiger partial charge on any atom is -0.462 e. The van der Waals surface area contributed by atoms with Gasteiger partial charge in [-0.15, -0.1) is 0 Å². The molecule has 0 bridgehead atoms. The lowest BCUT2D eigenvalue weighted by Gasteiger charge is -2.31. The van der Waals surface area contributed by atoms with E-state index < -0.39 is 0 Å². The fraction of sp³-hybridized carbons (Fsp3) is 0.643. The van der Waals surface area contributed by atoms with Crippen LogP contribution in [0, 0.1) is 12.8 Å². The molecule has 1 aromatic rings. The molecule has 0 aliphatic carbocycles. The Morgan fingerprint density at radius 1 is 1.58 bits per heavy atom. The molecule has 5 nitrogen and oxygen atoms in total. The number of aromatic nitrogens is 2. The Labute approximate surface area is 114 Å². The highest BCUT2D eigenvalue weighted by Gasteiger charge is 2.20. The summed E-state index contributed by atoms with van der Waals surface area (Å²) < 4.78 is 4.98. The summed E-state index contributed by atoms with van der Waals surface area (Å²) in [5.74, 6) is 1.04. The molecule has 5 heteroatoms. The maximum Gasteiger partial charge on any atom is 0.341 e. The Morgan fingerprint density at radius 2 is 2.37 bits per heavy atom. The summed E-state index contributed by atoms with van der Waals surface area (Å²) in [6, 6.07) is 0. The molecule has 19 heavy (non-hydrogen) atoms. The predicted molar refractivity (Wildman–Crippen MR) is 73.3 cm³/mol. The average Bonchev–Trinajstić information content (AvgIpc) is 2.38. The lowest BCUT2D eigenvalue weighted by atomic mass is 10.0. The number of ether oxygens (including phenoxy) is 1. The number of anilines is 1. The molecule has 0 aromatic carbocycles. The third-order valence-electron chi connectivity index (χ3n) is 3.40. The molecule has 1 unspecified atom stereocenters. The van der Waals surface area contributed by atoms with Crippen molar-refractivity contribution in [3.63, 3.8) is 0 Å². The maximum atomic E-state index is 11.7. The second-order valence-corrected chi connectivity index (χ2v) is 5.08. The summed E-state index contributed by atoms with van der Waals surface area (Å²) in [6.07, 6.45) is 4.01. The summed E-state index contributed by atoms with van der Waals surface area (Å²) in [4.78, 5) is 22.6. The van der Waals surface area contributed by atoms with Gasteiger partial charge in [0.1, 0.15) is 0 Å². The fourth-order valence-corrected chi connectivity index (χ4v) is 2.39. The fourth-order valence-electron chi connectivity index (χ4n) is 2.39. The Bertz CT molecular complexity index is 462. The van der Waals surface area contributed by atoms with E-state index in [1.807, 2.05) is 6.92 Å². The van der Waals surface area contributed by atoms with Crippen LogP contribution < -0.4 is 4.90 Å². The van der Waals surface area contributed by atoms with Gasteiger partial charge in [-0.05, 0) is 32.6 Å². The SMILES string of the molecule is CCOC(=O)c1cnc(N2CCCC(C)C2)nc1C. The van der Waals surface area contributed by atoms with E-state index in [4.69, 9.17) is 4.74 Å². The van der Waals surface area contributed by atoms with Crippen molar-refractivity contribution in [2.45, 2.75) is 33.6 Å². The van der Waals surface area contributed by atoms with Crippen LogP contribution in [-0.2, 0) is 4.74 Å². The molecule has 0 N–H and O–H groups in total. The third kappa shape index (κ3) is 3.22. The second kappa shape index (κ2) is 5.99. The first-order chi connectivity index (χ1) is 9.11. The van der Waals surface area contributed by atoms with E-state index in [1.165, 1.54) is 12.8 Å². The molecule has 104 valence electrons. The van der Waals surface area contributed by atoms with Gasteiger partial charge in [-0.25, -0.2) is 14.8 Å². The van der Waals surface area contributed by atoms with Crippen molar-refractivity contribution in [2.75, 3.05) is 24.6 Å². The molecule has 2 rings (SSSR count). The van der Waals surface area contributed by atoms with E-state index in [0.717, 1.165) is 19.0 Å². The number of carbonyl (C=O) groups is 1. The van der Waals surface area contributed by atoms with Gasteiger partial charge in [0.25, 0.3) is 0 Å². The van der Waals surface area contributed by atoms with E-state index >= 15 is 0 Å². The molecular weight excluding hydrogens is 242 g/mol. The van der Waals surface area contributed by atoms with Gasteiger partial charge in [0.05, 0.1) is 17.9 Å². The third-order valence-corrected chi connectivity index (χ3v) is 3.40. The largest absolute Gasteiger partial charge is 0.462 e. The van der Waals surface area contributed by atoms with Gasteiger partial charge in [-0.1, -0.05) is 6.92 Å². The highest BCUT2D eigenvalue weighted by molar-refractivity contribution is 5.90. The lowest BCUT2D eigenvalue weighted by molar-refractivity contribution is 0.0524. The van der Waals surface area contributed by atoms with Gasteiger partial charge in [-0.3, -0.25) is 0 Å². The molecule has 1 aliphatic rings. The van der Waals surface area contributed by atoms with Crippen molar-refractivity contribution in [3.05, 3.63) is 17.5 Å². The second-order valence-electron chi connectivity index (χ2n) is 5.08. The van der Waals surface area contributed by atoms with Crippen LogP contribution in [0.2, 0.25) is 0 Å². The van der Waals surface area contributed by atoms with Gasteiger partial charge in [0, 0.05) is 19.3 Å². The predicted octanol–water partition coefficient (Wildman–Crippen LogP) is 2.20. The van der Waals surface area contributed by atoms with Gasteiger partial charge in [-0.2, -0.15) is 0 Å². The van der Waals surface area contributed by atoms with Crippen LogP contribution in [0.5, 0.6) is 0 Å². The number of carbonyl (C=O) groups excluding carboxylic acids is 1. The molecule has 1 atom stereocenters. The van der Waals surface area contributed by atoms with Crippen molar-refractivity contribution in [1.29, 1.82) is 0 Å². The smallest absolute Gasteiger partial charge is 0.341 e. The molecular formula is C14H21N3O2. The zero-order valence-electron chi connectivity index (χ0n) is 11.8. The van der Waals surface area contributed by atoms with Crippen LogP contribution in [0.25, 0.3) is 0 Å². The number of aryl methyl sites for hydroxylation is 1. The van der Waals surface area contributed by atoms with Gasteiger partial charge in [0.15, 0.2) is 0 Å². The zero-order valence-corrected chi connectivity index (χ0v) is 11.8. The van der Waals surface area contributed by atoms with Crippen LogP contribution in [0.1, 0.15) is 42.7 Å². The molecule has 0 amide bonds. The first-order valence-corrected chi connectivity index (χ1v) is 6.87. The number of esters is 1. The Morgan fingerprint density at radius 3 is 3.00 bits per heavy atom. The van der Waals surface area contributed by atoms with Crippen LogP contribution in [0.15, 0.2) is 6.20 Å². The van der Waals surface area contributed by atoms with Gasteiger partial charge in [0.2, 0.25) is 5.95 Å². The van der Waals surface area contributed by atoms with Crippen LogP contribution in [0.3, 0.4) is 0 Å². The molecule has 2 heterocycles. The molecule has 1 aromatic heterocycles. The highest BCUT2D eigenvalue weighted by atomic mass is 16.5. The summed E-state index contributed by atoms with van der Waals surface area (Å²) in [7, 11) is 0. The van der Waals surface area contributed by atoms with Crippen LogP contribution in [0.4, 0.5) is 5.95 Å². The minimum absolute atomic E-state index is 0.349. The summed E-state index contributed by atoms with van der Waals surface area (Å²) in [5.41, 5.74) is 1.14. The topological polar surface area (TPSA) is 55.3 Å². The zero-order chi connectivity index (χ0) is 13.8. The Balaban J connectivity index is 2.16. The normalized spacial score (nSPS) is 19.3. The average molecular weight is 263 g/mol. The van der Waals surface area contributed by atoms with E-state index in [2.05, 4.69) is 21.8 Å². The standard InChI is InChI=1S/C14H21N3O2/c1-4-19-13(18)12-8-15-14(16-11(12)3)17-7-5-6-10(2)9-17/h8,10H,4-7,9H2,1-3H3. The number of piperidine rings is 1. The lowest BCUT2D eigenvalue weighted by Crippen LogP contribution is -2.35. The summed E-state index contributed by atoms with van der Waals surface area (Å²) in [6.45, 7) is 8.19. The van der Waals surface area contributed by atoms with Crippen molar-refractivity contribution in [1.82, 2.24) is 9.97 Å². The first-order valence-electron chi connectivity index (χ1n) is 6.87. The molecule has 1 saturated heterocycles. The monoisotopic (exact) mass is 263 g/mol. The number of hydrogen-bond acceptors (Lipinski definition) is 5. The number of nitrogens with zero attached hydrogens (tertiary/aromatic N) is 3. The van der Waals surface area contributed by atoms with Crippen molar-refractivity contribution in [2.24, 2.45) is 5.92 Å². The van der Waals surface area contributed by atoms with E-state index in [0.29, 0.717) is 23.8 Å². The van der Waals surface area contributed by atoms with Crippen LogP contribution >= 0.6 is 0 Å². The molecule has 1 aliphatic heterocycles. The van der Waals surface area contributed by atoms with Gasteiger partial charge >= 0.3 is 5.97 Å². The molecule has 0 spiro atoms. The van der Waals surface area contributed by atoms with E-state index in [1.54, 1.807) is 13.1 Å². The van der Waals surface area contributed by atoms with Crippen molar-refractivity contribution >= 4 is 11.9 Å². The van der Waals surface area contributed by atoms with E-state index in [9.17, 15) is 4.79 Å². The number of hydrogen-bond donors (Lipinski definition) is 0. The Hall–Kier alpha value is -1.65.